The molecule has 1 aliphatic rings. The van der Waals surface area contributed by atoms with Crippen molar-refractivity contribution >= 4 is 11.7 Å². The van der Waals surface area contributed by atoms with Gasteiger partial charge in [-0.05, 0) is 30.7 Å². The van der Waals surface area contributed by atoms with E-state index in [2.05, 4.69) is 37.3 Å². The summed E-state index contributed by atoms with van der Waals surface area (Å²) in [6.07, 6.45) is 0.739. The number of nitrogens with one attached hydrogen (secondary N) is 1. The Bertz CT molecular complexity index is 803. The van der Waals surface area contributed by atoms with Gasteiger partial charge in [-0.25, -0.2) is 4.68 Å². The highest BCUT2D eigenvalue weighted by atomic mass is 16.5. The number of nitriles is 1. The largest absolute Gasteiger partial charge is 0.381 e. The van der Waals surface area contributed by atoms with Gasteiger partial charge in [-0.3, -0.25) is 4.79 Å². The van der Waals surface area contributed by atoms with Crippen molar-refractivity contribution in [1.29, 1.82) is 5.26 Å². The third kappa shape index (κ3) is 3.72. The first-order chi connectivity index (χ1) is 11.9. The molecule has 1 aromatic heterocycles. The van der Waals surface area contributed by atoms with Crippen LogP contribution in [-0.4, -0.2) is 28.9 Å². The molecular formula is C19H22N4O2. The molecule has 6 heteroatoms. The zero-order valence-corrected chi connectivity index (χ0v) is 14.7. The summed E-state index contributed by atoms with van der Waals surface area (Å²) in [5.74, 6) is 0.460. The molecule has 0 radical (unpaired) electrons. The van der Waals surface area contributed by atoms with Crippen molar-refractivity contribution < 1.29 is 9.53 Å². The summed E-state index contributed by atoms with van der Waals surface area (Å²) in [6, 6.07) is 11.1. The number of hydrogen-bond acceptors (Lipinski definition) is 4. The summed E-state index contributed by atoms with van der Waals surface area (Å²) in [5, 5.41) is 16.6. The van der Waals surface area contributed by atoms with E-state index in [1.807, 2.05) is 18.2 Å². The Morgan fingerprint density at radius 2 is 2.08 bits per heavy atom. The maximum atomic E-state index is 12.5. The predicted molar refractivity (Wildman–Crippen MR) is 94.5 cm³/mol. The lowest BCUT2D eigenvalue weighted by Crippen LogP contribution is -2.24. The lowest BCUT2D eigenvalue weighted by Gasteiger charge is -2.14. The minimum absolute atomic E-state index is 0.0484. The molecule has 1 aliphatic heterocycles. The first-order valence-corrected chi connectivity index (χ1v) is 8.38. The lowest BCUT2D eigenvalue weighted by molar-refractivity contribution is -0.119. The molecule has 130 valence electrons. The lowest BCUT2D eigenvalue weighted by atomic mass is 9.92. The highest BCUT2D eigenvalue weighted by Crippen LogP contribution is 2.27. The fourth-order valence-electron chi connectivity index (χ4n) is 2.68. The van der Waals surface area contributed by atoms with Crippen LogP contribution in [0.5, 0.6) is 0 Å². The Labute approximate surface area is 147 Å². The van der Waals surface area contributed by atoms with Crippen molar-refractivity contribution in [2.75, 3.05) is 18.5 Å². The molecule has 6 nitrogen and oxygen atoms in total. The zero-order chi connectivity index (χ0) is 18.0. The molecule has 0 unspecified atom stereocenters. The molecule has 3 rings (SSSR count). The van der Waals surface area contributed by atoms with E-state index in [0.29, 0.717) is 24.6 Å². The molecule has 1 N–H and O–H groups in total. The van der Waals surface area contributed by atoms with Crippen LogP contribution in [-0.2, 0) is 14.9 Å². The number of anilines is 1. The van der Waals surface area contributed by atoms with E-state index >= 15 is 0 Å². The van der Waals surface area contributed by atoms with Crippen molar-refractivity contribution in [2.24, 2.45) is 5.92 Å². The van der Waals surface area contributed by atoms with Crippen LogP contribution in [0.3, 0.4) is 0 Å². The van der Waals surface area contributed by atoms with E-state index in [0.717, 1.165) is 17.8 Å². The molecule has 1 saturated heterocycles. The van der Waals surface area contributed by atoms with Crippen LogP contribution in [0.25, 0.3) is 5.69 Å². The summed E-state index contributed by atoms with van der Waals surface area (Å²) in [7, 11) is 0. The molecule has 0 bridgehead atoms. The minimum atomic E-state index is -0.145. The molecular weight excluding hydrogens is 316 g/mol. The monoisotopic (exact) mass is 338 g/mol. The Morgan fingerprint density at radius 3 is 2.64 bits per heavy atom. The maximum absolute atomic E-state index is 12.5. The standard InChI is InChI=1S/C19H22N4O2/c1-19(2,3)16-10-17(21-18(24)14-8-9-25-12-14)23(22-16)15-6-4-13(11-20)5-7-15/h4-7,10,14H,8-9,12H2,1-3H3,(H,21,24)/t14-/m0/s1. The van der Waals surface area contributed by atoms with Gasteiger partial charge in [-0.15, -0.1) is 0 Å². The van der Waals surface area contributed by atoms with Crippen LogP contribution in [0.2, 0.25) is 0 Å². The van der Waals surface area contributed by atoms with Gasteiger partial charge in [0.05, 0.1) is 35.5 Å². The van der Waals surface area contributed by atoms with Crippen molar-refractivity contribution in [1.82, 2.24) is 9.78 Å². The van der Waals surface area contributed by atoms with E-state index in [1.54, 1.807) is 16.8 Å². The summed E-state index contributed by atoms with van der Waals surface area (Å²) in [4.78, 5) is 12.5. The van der Waals surface area contributed by atoms with Crippen LogP contribution >= 0.6 is 0 Å². The van der Waals surface area contributed by atoms with Crippen molar-refractivity contribution in [3.8, 4) is 11.8 Å². The SMILES string of the molecule is CC(C)(C)c1cc(NC(=O)[C@H]2CCOC2)n(-c2ccc(C#N)cc2)n1. The minimum Gasteiger partial charge on any atom is -0.381 e. The number of rotatable bonds is 3. The molecule has 0 aliphatic carbocycles. The van der Waals surface area contributed by atoms with Gasteiger partial charge in [0, 0.05) is 18.1 Å². The topological polar surface area (TPSA) is 79.9 Å². The van der Waals surface area contributed by atoms with Crippen LogP contribution < -0.4 is 5.32 Å². The number of carbonyl (C=O) groups is 1. The van der Waals surface area contributed by atoms with E-state index in [-0.39, 0.29) is 17.2 Å². The molecule has 0 saturated carbocycles. The van der Waals surface area contributed by atoms with Gasteiger partial charge in [0.1, 0.15) is 5.82 Å². The summed E-state index contributed by atoms with van der Waals surface area (Å²) < 4.78 is 7.02. The van der Waals surface area contributed by atoms with Gasteiger partial charge in [0.15, 0.2) is 0 Å². The Balaban J connectivity index is 1.95. The molecule has 2 aromatic rings. The number of carbonyl (C=O) groups excluding carboxylic acids is 1. The van der Waals surface area contributed by atoms with Crippen LogP contribution in [0.1, 0.15) is 38.4 Å². The number of hydrogen-bond donors (Lipinski definition) is 1. The second kappa shape index (κ2) is 6.69. The van der Waals surface area contributed by atoms with Gasteiger partial charge in [0.25, 0.3) is 0 Å². The summed E-state index contributed by atoms with van der Waals surface area (Å²) in [6.45, 7) is 7.32. The first-order valence-electron chi connectivity index (χ1n) is 8.38. The zero-order valence-electron chi connectivity index (χ0n) is 14.7. The van der Waals surface area contributed by atoms with Crippen LogP contribution in [0.4, 0.5) is 5.82 Å². The van der Waals surface area contributed by atoms with Crippen molar-refractivity contribution in [2.45, 2.75) is 32.6 Å². The van der Waals surface area contributed by atoms with Crippen molar-refractivity contribution in [3.63, 3.8) is 0 Å². The second-order valence-electron chi connectivity index (χ2n) is 7.29. The third-order valence-corrected chi connectivity index (χ3v) is 4.27. The Hall–Kier alpha value is -2.65. The molecule has 1 atom stereocenters. The molecule has 0 spiro atoms. The molecule has 25 heavy (non-hydrogen) atoms. The molecule has 1 fully saturated rings. The van der Waals surface area contributed by atoms with E-state index in [9.17, 15) is 4.79 Å². The van der Waals surface area contributed by atoms with Gasteiger partial charge >= 0.3 is 0 Å². The second-order valence-corrected chi connectivity index (χ2v) is 7.29. The maximum Gasteiger partial charge on any atom is 0.231 e. The van der Waals surface area contributed by atoms with Gasteiger partial charge < -0.3 is 10.1 Å². The van der Waals surface area contributed by atoms with Crippen LogP contribution in [0.15, 0.2) is 30.3 Å². The number of amides is 1. The van der Waals surface area contributed by atoms with E-state index < -0.39 is 0 Å². The third-order valence-electron chi connectivity index (χ3n) is 4.27. The van der Waals surface area contributed by atoms with Gasteiger partial charge in [-0.2, -0.15) is 10.4 Å². The number of benzene rings is 1. The van der Waals surface area contributed by atoms with Gasteiger partial charge in [-0.1, -0.05) is 20.8 Å². The molecule has 1 aromatic carbocycles. The quantitative estimate of drug-likeness (QED) is 0.933. The number of nitrogens with zero attached hydrogens (tertiary/aromatic N) is 3. The highest BCUT2D eigenvalue weighted by molar-refractivity contribution is 5.92. The average Bonchev–Trinajstić information content (AvgIpc) is 3.24. The fraction of sp³-hybridized carbons (Fsp3) is 0.421. The smallest absolute Gasteiger partial charge is 0.231 e. The summed E-state index contributed by atoms with van der Waals surface area (Å²) in [5.41, 5.74) is 2.12. The van der Waals surface area contributed by atoms with Crippen molar-refractivity contribution in [3.05, 3.63) is 41.6 Å². The van der Waals surface area contributed by atoms with E-state index in [1.165, 1.54) is 0 Å². The van der Waals surface area contributed by atoms with Crippen LogP contribution in [0, 0.1) is 17.2 Å². The first kappa shape index (κ1) is 17.2. The average molecular weight is 338 g/mol. The Kier molecular flexibility index (Phi) is 4.60. The molecule has 1 amide bonds. The summed E-state index contributed by atoms with van der Waals surface area (Å²) >= 11 is 0. The van der Waals surface area contributed by atoms with E-state index in [4.69, 9.17) is 10.00 Å². The highest BCUT2D eigenvalue weighted by Gasteiger charge is 2.26. The number of aromatic nitrogens is 2. The normalized spacial score (nSPS) is 17.3. The Morgan fingerprint density at radius 1 is 1.36 bits per heavy atom. The number of ether oxygens (including phenoxy) is 1. The fourth-order valence-corrected chi connectivity index (χ4v) is 2.68. The predicted octanol–water partition coefficient (Wildman–Crippen LogP) is 3.02. The molecule has 2 heterocycles. The van der Waals surface area contributed by atoms with Gasteiger partial charge in [0.2, 0.25) is 5.91 Å².